The second-order valence-corrected chi connectivity index (χ2v) is 8.89. The van der Waals surface area contributed by atoms with Crippen LogP contribution in [-0.4, -0.2) is 55.2 Å². The van der Waals surface area contributed by atoms with Crippen LogP contribution in [0, 0.1) is 17.1 Å². The molecular weight excluding hydrogens is 500 g/mol. The minimum Gasteiger partial charge on any atom is -0.307 e. The lowest BCUT2D eigenvalue weighted by Gasteiger charge is -2.33. The van der Waals surface area contributed by atoms with Crippen LogP contribution in [0.15, 0.2) is 66.7 Å². The van der Waals surface area contributed by atoms with Gasteiger partial charge in [-0.3, -0.25) is 15.6 Å². The Hall–Kier alpha value is -3.98. The summed E-state index contributed by atoms with van der Waals surface area (Å²) in [7, 11) is 0. The minimum absolute atomic E-state index is 0.0906. The van der Waals surface area contributed by atoms with Gasteiger partial charge < -0.3 is 5.32 Å². The number of amides is 2. The van der Waals surface area contributed by atoms with E-state index in [1.165, 1.54) is 4.90 Å². The van der Waals surface area contributed by atoms with Gasteiger partial charge in [-0.15, -0.1) is 0 Å². The summed E-state index contributed by atoms with van der Waals surface area (Å²) < 4.78 is 52.9. The lowest BCUT2D eigenvalue weighted by molar-refractivity contribution is -0.139. The third-order valence-electron chi connectivity index (χ3n) is 6.32. The molecule has 1 aliphatic heterocycles. The fourth-order valence-corrected chi connectivity index (χ4v) is 4.19. The van der Waals surface area contributed by atoms with Crippen LogP contribution in [0.5, 0.6) is 0 Å². The maximum Gasteiger partial charge on any atom is 0.419 e. The molecule has 3 aromatic rings. The highest BCUT2D eigenvalue weighted by atomic mass is 19.4. The lowest BCUT2D eigenvalue weighted by atomic mass is 10.0. The molecule has 3 N–H and O–H groups in total. The summed E-state index contributed by atoms with van der Waals surface area (Å²) in [5.41, 5.74) is 1.26. The molecule has 0 aromatic heterocycles. The topological polar surface area (TPSA) is 88.6 Å². The zero-order chi connectivity index (χ0) is 27.3. The predicted molar refractivity (Wildman–Crippen MR) is 137 cm³/mol. The number of nitriles is 1. The van der Waals surface area contributed by atoms with Crippen LogP contribution >= 0.6 is 0 Å². The van der Waals surface area contributed by atoms with Crippen LogP contribution in [0.4, 0.5) is 33.7 Å². The number of hydrogen-bond acceptors (Lipinski definition) is 5. The van der Waals surface area contributed by atoms with Crippen molar-refractivity contribution in [1.82, 2.24) is 9.91 Å². The molecule has 3 aromatic carbocycles. The number of carbonyl (C=O) groups excluding carboxylic acids is 1. The highest BCUT2D eigenvalue weighted by molar-refractivity contribution is 6.01. The van der Waals surface area contributed by atoms with Crippen molar-refractivity contribution >= 4 is 17.4 Å². The van der Waals surface area contributed by atoms with Crippen molar-refractivity contribution in [2.75, 3.05) is 49.5 Å². The third-order valence-corrected chi connectivity index (χ3v) is 6.32. The van der Waals surface area contributed by atoms with Crippen LogP contribution in [0.3, 0.4) is 0 Å². The summed E-state index contributed by atoms with van der Waals surface area (Å²) in [5.74, 6) is 4.35. The van der Waals surface area contributed by atoms with E-state index in [0.29, 0.717) is 43.0 Å². The van der Waals surface area contributed by atoms with E-state index in [0.717, 1.165) is 30.3 Å². The number of nitrogens with one attached hydrogen (secondary N) is 1. The molecule has 0 spiro atoms. The van der Waals surface area contributed by atoms with Gasteiger partial charge in [0.05, 0.1) is 17.2 Å². The van der Waals surface area contributed by atoms with E-state index < -0.39 is 23.6 Å². The van der Waals surface area contributed by atoms with Crippen molar-refractivity contribution in [3.8, 4) is 17.2 Å². The second-order valence-electron chi connectivity index (χ2n) is 8.89. The number of rotatable bonds is 6. The van der Waals surface area contributed by atoms with Gasteiger partial charge in [0.15, 0.2) is 0 Å². The number of hydrazine groups is 1. The summed E-state index contributed by atoms with van der Waals surface area (Å²) in [6.45, 7) is 3.65. The minimum atomic E-state index is -4.83. The Bertz CT molecular complexity index is 1310. The number of hydrogen-bond donors (Lipinski definition) is 2. The van der Waals surface area contributed by atoms with E-state index >= 15 is 0 Å². The van der Waals surface area contributed by atoms with Crippen molar-refractivity contribution in [1.29, 1.82) is 5.26 Å². The first-order valence-electron chi connectivity index (χ1n) is 11.9. The largest absolute Gasteiger partial charge is 0.419 e. The molecule has 1 heterocycles. The zero-order valence-electron chi connectivity index (χ0n) is 20.4. The van der Waals surface area contributed by atoms with E-state index in [9.17, 15) is 22.4 Å². The number of nitrogens with two attached hydrogens (primary N) is 1. The summed E-state index contributed by atoms with van der Waals surface area (Å²) in [5, 5.41) is 13.4. The first kappa shape index (κ1) is 27.1. The third kappa shape index (κ3) is 6.66. The Kier molecular flexibility index (Phi) is 8.26. The average molecular weight is 527 g/mol. The van der Waals surface area contributed by atoms with Crippen molar-refractivity contribution in [3.63, 3.8) is 0 Å². The fraction of sp³-hybridized carbons (Fsp3) is 0.259. The Morgan fingerprint density at radius 2 is 1.71 bits per heavy atom. The number of alkyl halides is 3. The molecule has 7 nitrogen and oxygen atoms in total. The summed E-state index contributed by atoms with van der Waals surface area (Å²) in [6.07, 6.45) is -4.83. The molecule has 38 heavy (non-hydrogen) atoms. The van der Waals surface area contributed by atoms with E-state index in [-0.39, 0.29) is 12.2 Å². The predicted octanol–water partition coefficient (Wildman–Crippen LogP) is 4.91. The molecule has 11 heteroatoms. The van der Waals surface area contributed by atoms with Crippen LogP contribution in [0.1, 0.15) is 11.1 Å². The van der Waals surface area contributed by atoms with Crippen LogP contribution in [0.25, 0.3) is 11.1 Å². The van der Waals surface area contributed by atoms with Gasteiger partial charge in [-0.25, -0.2) is 14.2 Å². The van der Waals surface area contributed by atoms with Gasteiger partial charge in [-0.05, 0) is 53.6 Å². The normalized spacial score (nSPS) is 14.6. The Labute approximate surface area is 217 Å². The standard InChI is InChI=1S/C27H26F4N6O/c28-25-17-22(6-9-24(25)27(29,30)31)34-26(38)37(15-12-35-10-13-36(33)14-11-35)23-7-4-20(5-8-23)21-3-1-2-19(16-21)18-32/h1-9,16-17H,10-15,33H2,(H,34,38). The zero-order valence-corrected chi connectivity index (χ0v) is 20.4. The number of piperazine rings is 1. The van der Waals surface area contributed by atoms with Gasteiger partial charge in [-0.1, -0.05) is 24.3 Å². The average Bonchev–Trinajstić information content (AvgIpc) is 2.89. The molecule has 2 amide bonds. The van der Waals surface area contributed by atoms with Crippen molar-refractivity contribution < 1.29 is 22.4 Å². The molecule has 0 saturated carbocycles. The highest BCUT2D eigenvalue weighted by Crippen LogP contribution is 2.32. The smallest absolute Gasteiger partial charge is 0.307 e. The highest BCUT2D eigenvalue weighted by Gasteiger charge is 2.34. The van der Waals surface area contributed by atoms with Gasteiger partial charge in [0.2, 0.25) is 0 Å². The van der Waals surface area contributed by atoms with E-state index in [1.54, 1.807) is 35.3 Å². The molecule has 198 valence electrons. The second kappa shape index (κ2) is 11.6. The van der Waals surface area contributed by atoms with Gasteiger partial charge in [0.25, 0.3) is 0 Å². The van der Waals surface area contributed by atoms with E-state index in [4.69, 9.17) is 11.1 Å². The number of urea groups is 1. The van der Waals surface area contributed by atoms with Gasteiger partial charge in [0.1, 0.15) is 5.82 Å². The Morgan fingerprint density at radius 1 is 1.00 bits per heavy atom. The number of carbonyl (C=O) groups is 1. The van der Waals surface area contributed by atoms with Crippen LogP contribution in [0.2, 0.25) is 0 Å². The van der Waals surface area contributed by atoms with Gasteiger partial charge in [-0.2, -0.15) is 18.4 Å². The molecule has 0 atom stereocenters. The van der Waals surface area contributed by atoms with Crippen LogP contribution < -0.4 is 16.1 Å². The Balaban J connectivity index is 1.55. The number of nitrogens with zero attached hydrogens (tertiary/aromatic N) is 4. The van der Waals surface area contributed by atoms with Crippen molar-refractivity contribution in [3.05, 3.63) is 83.7 Å². The molecule has 1 aliphatic rings. The van der Waals surface area contributed by atoms with Crippen molar-refractivity contribution in [2.24, 2.45) is 5.84 Å². The SMILES string of the molecule is N#Cc1cccc(-c2ccc(N(CCN3CCN(N)CC3)C(=O)Nc3ccc(C(F)(F)F)c(F)c3)cc2)c1. The fourth-order valence-electron chi connectivity index (χ4n) is 4.19. The van der Waals surface area contributed by atoms with Gasteiger partial charge >= 0.3 is 12.2 Å². The summed E-state index contributed by atoms with van der Waals surface area (Å²) in [4.78, 5) is 16.9. The molecule has 0 unspecified atom stereocenters. The van der Waals surface area contributed by atoms with E-state index in [2.05, 4.69) is 16.3 Å². The Morgan fingerprint density at radius 3 is 2.34 bits per heavy atom. The number of benzene rings is 3. The molecule has 1 fully saturated rings. The molecule has 1 saturated heterocycles. The number of halogens is 4. The summed E-state index contributed by atoms with van der Waals surface area (Å²) >= 11 is 0. The monoisotopic (exact) mass is 526 g/mol. The maximum atomic E-state index is 14.1. The maximum absolute atomic E-state index is 14.1. The molecule has 0 radical (unpaired) electrons. The quantitative estimate of drug-likeness (QED) is 0.352. The number of anilines is 2. The van der Waals surface area contributed by atoms with E-state index in [1.807, 2.05) is 18.2 Å². The molecule has 0 aliphatic carbocycles. The molecule has 0 bridgehead atoms. The van der Waals surface area contributed by atoms with Crippen LogP contribution in [-0.2, 0) is 6.18 Å². The van der Waals surface area contributed by atoms with Crippen molar-refractivity contribution in [2.45, 2.75) is 6.18 Å². The molecule has 4 rings (SSSR count). The lowest BCUT2D eigenvalue weighted by Crippen LogP contribution is -2.51. The summed E-state index contributed by atoms with van der Waals surface area (Å²) in [6, 6.07) is 18.0. The first-order valence-corrected chi connectivity index (χ1v) is 11.9. The molecular formula is C27H26F4N6O. The van der Waals surface area contributed by atoms with Gasteiger partial charge in [0, 0.05) is 50.6 Å². The first-order chi connectivity index (χ1) is 18.1.